The maximum Gasteiger partial charge on any atom is 0.248 e. The standard InChI is InChI=1S/C34H51F2N5O6/c1-45-29-4-2-3-24(17-29)20-40-13-8-25-18-31(42)37-12-14-46-15-16-47-23-32(43)39-27-19-30(33(44)38-11-7-26(25)21-40)41(22-27)28-5-9-34(35,36)10-6-28/h2-4,17,25-28,30H,5-16,18-23H2,1H3,(H,37,42)(H,38,44)(H,39,43)/t25-,26-,27-,30-/m0/s1. The highest BCUT2D eigenvalue weighted by atomic mass is 19.3. The van der Waals surface area contributed by atoms with Crippen LogP contribution >= 0.6 is 0 Å². The van der Waals surface area contributed by atoms with E-state index >= 15 is 0 Å². The first-order valence-corrected chi connectivity index (χ1v) is 17.2. The molecule has 3 amide bonds. The fraction of sp³-hybridized carbons (Fsp3) is 0.735. The van der Waals surface area contributed by atoms with E-state index in [1.54, 1.807) is 7.11 Å². The number of methoxy groups -OCH3 is 1. The van der Waals surface area contributed by atoms with E-state index in [0.29, 0.717) is 65.0 Å². The Morgan fingerprint density at radius 3 is 2.55 bits per heavy atom. The van der Waals surface area contributed by atoms with Crippen molar-refractivity contribution in [3.05, 3.63) is 29.8 Å². The molecule has 0 unspecified atom stereocenters. The van der Waals surface area contributed by atoms with Crippen molar-refractivity contribution in [2.45, 2.75) is 82.0 Å². The summed E-state index contributed by atoms with van der Waals surface area (Å²) in [5, 5.41) is 9.09. The Morgan fingerprint density at radius 2 is 1.74 bits per heavy atom. The van der Waals surface area contributed by atoms with Gasteiger partial charge in [0.05, 0.1) is 33.0 Å². The first-order valence-electron chi connectivity index (χ1n) is 17.2. The fourth-order valence-electron chi connectivity index (χ4n) is 7.63. The third-order valence-electron chi connectivity index (χ3n) is 10.1. The van der Waals surface area contributed by atoms with Crippen LogP contribution in [-0.4, -0.2) is 118 Å². The number of halogens is 2. The van der Waals surface area contributed by atoms with Gasteiger partial charge in [-0.3, -0.25) is 24.2 Å². The summed E-state index contributed by atoms with van der Waals surface area (Å²) in [5.41, 5.74) is 1.16. The molecule has 11 nitrogen and oxygen atoms in total. The van der Waals surface area contributed by atoms with Gasteiger partial charge in [-0.2, -0.15) is 0 Å². The highest BCUT2D eigenvalue weighted by Crippen LogP contribution is 2.37. The van der Waals surface area contributed by atoms with Gasteiger partial charge in [0.1, 0.15) is 12.4 Å². The molecule has 3 saturated heterocycles. The lowest BCUT2D eigenvalue weighted by Gasteiger charge is -2.39. The minimum atomic E-state index is -2.67. The van der Waals surface area contributed by atoms with E-state index in [4.69, 9.17) is 14.2 Å². The van der Waals surface area contributed by atoms with Crippen LogP contribution < -0.4 is 20.7 Å². The quantitative estimate of drug-likeness (QED) is 0.449. The number of hydrogen-bond acceptors (Lipinski definition) is 8. The lowest BCUT2D eigenvalue weighted by Crippen LogP contribution is -2.50. The molecule has 0 aromatic heterocycles. The van der Waals surface area contributed by atoms with E-state index < -0.39 is 12.0 Å². The van der Waals surface area contributed by atoms with Crippen LogP contribution in [0.3, 0.4) is 0 Å². The van der Waals surface area contributed by atoms with Gasteiger partial charge in [-0.1, -0.05) is 12.1 Å². The Hall–Kier alpha value is -2.87. The van der Waals surface area contributed by atoms with Gasteiger partial charge in [-0.15, -0.1) is 0 Å². The molecule has 1 aliphatic carbocycles. The molecule has 0 spiro atoms. The predicted octanol–water partition coefficient (Wildman–Crippen LogP) is 2.33. The predicted molar refractivity (Wildman–Crippen MR) is 171 cm³/mol. The third kappa shape index (κ3) is 10.6. The van der Waals surface area contributed by atoms with Gasteiger partial charge in [0.2, 0.25) is 23.6 Å². The Bertz CT molecular complexity index is 1200. The van der Waals surface area contributed by atoms with Crippen LogP contribution in [0.4, 0.5) is 8.78 Å². The molecule has 4 aliphatic rings. The number of nitrogens with one attached hydrogen (secondary N) is 3. The number of carbonyl (C=O) groups is 3. The summed E-state index contributed by atoms with van der Waals surface area (Å²) in [6, 6.07) is 7.11. The minimum absolute atomic E-state index is 0.0154. The molecular weight excluding hydrogens is 612 g/mol. The topological polar surface area (TPSA) is 121 Å². The summed E-state index contributed by atoms with van der Waals surface area (Å²) >= 11 is 0. The summed E-state index contributed by atoms with van der Waals surface area (Å²) in [5.74, 6) is -1.94. The largest absolute Gasteiger partial charge is 0.497 e. The van der Waals surface area contributed by atoms with Crippen molar-refractivity contribution in [3.8, 4) is 5.75 Å². The molecule has 1 saturated carbocycles. The summed E-state index contributed by atoms with van der Waals surface area (Å²) in [6.45, 7) is 4.45. The van der Waals surface area contributed by atoms with Crippen LogP contribution in [0.5, 0.6) is 5.75 Å². The van der Waals surface area contributed by atoms with E-state index in [9.17, 15) is 23.2 Å². The normalized spacial score (nSPS) is 29.9. The molecule has 3 aliphatic heterocycles. The molecule has 4 fully saturated rings. The number of likely N-dealkylation sites (tertiary alicyclic amines) is 2. The second kappa shape index (κ2) is 17.0. The van der Waals surface area contributed by atoms with Gasteiger partial charge < -0.3 is 30.2 Å². The second-order valence-corrected chi connectivity index (χ2v) is 13.5. The number of alkyl halides is 2. The maximum absolute atomic E-state index is 14.0. The number of benzene rings is 1. The molecule has 262 valence electrons. The highest BCUT2D eigenvalue weighted by molar-refractivity contribution is 5.83. The fourth-order valence-corrected chi connectivity index (χ4v) is 7.63. The number of fused-ring (bicyclic) bond motifs is 3. The Kier molecular flexibility index (Phi) is 12.8. The molecule has 1 aromatic rings. The number of nitrogens with zero attached hydrogens (tertiary/aromatic N) is 2. The summed E-state index contributed by atoms with van der Waals surface area (Å²) in [7, 11) is 1.66. The number of ether oxygens (including phenoxy) is 3. The molecule has 2 bridgehead atoms. The van der Waals surface area contributed by atoms with Crippen molar-refractivity contribution in [1.29, 1.82) is 0 Å². The van der Waals surface area contributed by atoms with Crippen molar-refractivity contribution >= 4 is 17.7 Å². The van der Waals surface area contributed by atoms with Gasteiger partial charge >= 0.3 is 0 Å². The summed E-state index contributed by atoms with van der Waals surface area (Å²) in [4.78, 5) is 43.7. The van der Waals surface area contributed by atoms with Crippen LogP contribution in [0, 0.1) is 11.8 Å². The van der Waals surface area contributed by atoms with Gasteiger partial charge in [0.15, 0.2) is 0 Å². The average molecular weight is 664 g/mol. The second-order valence-electron chi connectivity index (χ2n) is 13.5. The summed E-state index contributed by atoms with van der Waals surface area (Å²) in [6.07, 6.45) is 2.64. The van der Waals surface area contributed by atoms with Gasteiger partial charge in [-0.05, 0) is 68.2 Å². The molecule has 5 rings (SSSR count). The van der Waals surface area contributed by atoms with Crippen molar-refractivity contribution in [1.82, 2.24) is 25.8 Å². The molecule has 4 atom stereocenters. The van der Waals surface area contributed by atoms with Crippen LogP contribution in [0.1, 0.15) is 56.9 Å². The number of hydrogen-bond donors (Lipinski definition) is 3. The van der Waals surface area contributed by atoms with E-state index in [1.165, 1.54) is 0 Å². The first-order chi connectivity index (χ1) is 22.7. The maximum atomic E-state index is 14.0. The average Bonchev–Trinajstić information content (AvgIpc) is 3.46. The van der Waals surface area contributed by atoms with Gasteiger partial charge in [0.25, 0.3) is 0 Å². The minimum Gasteiger partial charge on any atom is -0.497 e. The molecule has 0 radical (unpaired) electrons. The van der Waals surface area contributed by atoms with Gasteiger partial charge in [0, 0.05) is 64.1 Å². The molecule has 47 heavy (non-hydrogen) atoms. The highest BCUT2D eigenvalue weighted by Gasteiger charge is 2.44. The van der Waals surface area contributed by atoms with Crippen LogP contribution in [0.25, 0.3) is 0 Å². The first kappa shape index (κ1) is 35.4. The van der Waals surface area contributed by atoms with E-state index in [2.05, 4.69) is 26.9 Å². The zero-order valence-electron chi connectivity index (χ0n) is 27.5. The Morgan fingerprint density at radius 1 is 0.936 bits per heavy atom. The smallest absolute Gasteiger partial charge is 0.248 e. The van der Waals surface area contributed by atoms with Crippen LogP contribution in [-0.2, 0) is 30.4 Å². The van der Waals surface area contributed by atoms with Crippen LogP contribution in [0.2, 0.25) is 0 Å². The summed E-state index contributed by atoms with van der Waals surface area (Å²) < 4.78 is 44.4. The number of carbonyl (C=O) groups excluding carboxylic acids is 3. The third-order valence-corrected chi connectivity index (χ3v) is 10.1. The van der Waals surface area contributed by atoms with Gasteiger partial charge in [-0.25, -0.2) is 8.78 Å². The number of rotatable bonds is 4. The zero-order chi connectivity index (χ0) is 33.2. The van der Waals surface area contributed by atoms with Crippen molar-refractivity contribution in [2.24, 2.45) is 11.8 Å². The molecule has 13 heteroatoms. The lowest BCUT2D eigenvalue weighted by molar-refractivity contribution is -0.128. The van der Waals surface area contributed by atoms with Crippen LogP contribution in [0.15, 0.2) is 24.3 Å². The number of piperidine rings is 1. The van der Waals surface area contributed by atoms with E-state index in [-0.39, 0.29) is 67.7 Å². The Labute approximate surface area is 276 Å². The molecule has 3 N–H and O–H groups in total. The lowest BCUT2D eigenvalue weighted by atomic mass is 9.80. The molecule has 3 heterocycles. The van der Waals surface area contributed by atoms with Crippen molar-refractivity contribution in [3.63, 3.8) is 0 Å². The van der Waals surface area contributed by atoms with Crippen molar-refractivity contribution in [2.75, 3.05) is 66.3 Å². The van der Waals surface area contributed by atoms with E-state index in [1.807, 2.05) is 23.1 Å². The molecular formula is C34H51F2N5O6. The van der Waals surface area contributed by atoms with Crippen molar-refractivity contribution < 1.29 is 37.4 Å². The Balaban J connectivity index is 1.26. The van der Waals surface area contributed by atoms with E-state index in [0.717, 1.165) is 37.4 Å². The zero-order valence-corrected chi connectivity index (χ0v) is 27.5. The molecule has 1 aromatic carbocycles. The SMILES string of the molecule is COc1cccc(CN2CC[C@H]3CC(=O)NCCOCCOCC(=O)N[C@H]4C[C@@H](C(=O)NCC[C@H]3C2)N(C2CCC(F)(F)CC2)C4)c1. The number of amides is 3. The monoisotopic (exact) mass is 663 g/mol.